The number of halogens is 2. The third-order valence-corrected chi connectivity index (χ3v) is 5.76. The van der Waals surface area contributed by atoms with Crippen molar-refractivity contribution in [1.82, 2.24) is 9.97 Å². The number of ketones is 1. The third kappa shape index (κ3) is 6.69. The topological polar surface area (TPSA) is 83.0 Å². The number of nitrogens with zero attached hydrogens (tertiary/aromatic N) is 2. The molecule has 0 aliphatic heterocycles. The largest absolute Gasteiger partial charge is 1.00 e. The fourth-order valence-electron chi connectivity index (χ4n) is 3.96. The molecule has 0 saturated carbocycles. The quantitative estimate of drug-likeness (QED) is 0.394. The first-order valence-electron chi connectivity index (χ1n) is 11.1. The van der Waals surface area contributed by atoms with Crippen molar-refractivity contribution < 1.29 is 53.0 Å². The summed E-state index contributed by atoms with van der Waals surface area (Å²) in [5.74, 6) is -2.01. The van der Waals surface area contributed by atoms with Gasteiger partial charge in [-0.15, -0.1) is 0 Å². The van der Waals surface area contributed by atoms with Gasteiger partial charge in [0.25, 0.3) is 0 Å². The molecule has 0 unspecified atom stereocenters. The van der Waals surface area contributed by atoms with Crippen LogP contribution in [0.1, 0.15) is 48.8 Å². The number of aromatic nitrogens is 2. The Morgan fingerprint density at radius 2 is 1.53 bits per heavy atom. The van der Waals surface area contributed by atoms with E-state index in [0.717, 1.165) is 29.7 Å². The normalized spacial score (nSPS) is 11.7. The number of carboxylic acids is 1. The van der Waals surface area contributed by atoms with Crippen LogP contribution in [-0.4, -0.2) is 21.7 Å². The monoisotopic (exact) mass is 494 g/mol. The van der Waals surface area contributed by atoms with E-state index in [1.165, 1.54) is 30.3 Å². The van der Waals surface area contributed by atoms with Crippen molar-refractivity contribution in [3.63, 3.8) is 0 Å². The number of carboxylic acid groups (broad SMARTS) is 1. The Bertz CT molecular complexity index is 1380. The van der Waals surface area contributed by atoms with Crippen molar-refractivity contribution in [1.29, 1.82) is 0 Å². The van der Waals surface area contributed by atoms with E-state index in [1.54, 1.807) is 48.8 Å². The van der Waals surface area contributed by atoms with E-state index < -0.39 is 5.97 Å². The van der Waals surface area contributed by atoms with Gasteiger partial charge < -0.3 is 9.90 Å². The van der Waals surface area contributed by atoms with Gasteiger partial charge in [0.1, 0.15) is 11.6 Å². The predicted octanol–water partition coefficient (Wildman–Crippen LogP) is 0.924. The number of aryl methyl sites for hydroxylation is 4. The molecule has 0 amide bonds. The summed E-state index contributed by atoms with van der Waals surface area (Å²) in [4.78, 5) is 31.4. The Labute approximate surface area is 229 Å². The van der Waals surface area contributed by atoms with Gasteiger partial charge in [-0.2, -0.15) is 0 Å². The molecular weight excluding hydrogens is 473 g/mol. The van der Waals surface area contributed by atoms with Gasteiger partial charge in [-0.25, -0.2) is 8.78 Å². The summed E-state index contributed by atoms with van der Waals surface area (Å²) in [6, 6.07) is 17.1. The van der Waals surface area contributed by atoms with Gasteiger partial charge in [0, 0.05) is 34.8 Å². The number of carbonyl (C=O) groups is 2. The Kier molecular flexibility index (Phi) is 9.58. The molecule has 36 heavy (non-hydrogen) atoms. The molecule has 0 N–H and O–H groups in total. The van der Waals surface area contributed by atoms with Gasteiger partial charge in [0.15, 0.2) is 5.78 Å². The van der Waals surface area contributed by atoms with Crippen LogP contribution in [0.5, 0.6) is 0 Å². The van der Waals surface area contributed by atoms with E-state index >= 15 is 0 Å². The minimum Gasteiger partial charge on any atom is -0.545 e. The summed E-state index contributed by atoms with van der Waals surface area (Å²) in [7, 11) is 0. The average molecular weight is 494 g/mol. The fourth-order valence-corrected chi connectivity index (χ4v) is 3.96. The van der Waals surface area contributed by atoms with Crippen LogP contribution in [0.15, 0.2) is 79.1 Å². The molecule has 176 valence electrons. The van der Waals surface area contributed by atoms with Crippen molar-refractivity contribution >= 4 is 11.8 Å². The summed E-state index contributed by atoms with van der Waals surface area (Å²) >= 11 is 0. The molecule has 1 aliphatic rings. The Morgan fingerprint density at radius 1 is 0.833 bits per heavy atom. The zero-order valence-corrected chi connectivity index (χ0v) is 21.7. The molecule has 5 rings (SSSR count). The van der Waals surface area contributed by atoms with Crippen molar-refractivity contribution in [3.8, 4) is 0 Å². The summed E-state index contributed by atoms with van der Waals surface area (Å²) in [6.07, 6.45) is 5.77. The maximum Gasteiger partial charge on any atom is 1.00 e. The zero-order valence-electron chi connectivity index (χ0n) is 19.7. The molecular formula is C28H21F2N2NaO3. The van der Waals surface area contributed by atoms with E-state index in [4.69, 9.17) is 0 Å². The molecule has 0 atom stereocenters. The number of benzene rings is 2. The number of pyridine rings is 2. The van der Waals surface area contributed by atoms with E-state index in [9.17, 15) is 23.5 Å². The average Bonchev–Trinajstić information content (AvgIpc) is 3.01. The summed E-state index contributed by atoms with van der Waals surface area (Å²) in [5.41, 5.74) is 4.30. The maximum absolute atomic E-state index is 13.2. The standard InChI is InChI=1S/C14H12FNO2.C14H10FNO.Na/c15-11-6-3-10(4-7-11)5-8-13-12(14(17)18)2-1-9-16-13;15-10-5-3-9-4-6-13-11(2-1-7-16-13)14(17)12(9)8-10;/h1-4,6-7,9H,5,8H2,(H,17,18);1-3,5,7-8H,4,6H2;/q;;+1/p-1. The van der Waals surface area contributed by atoms with Crippen LogP contribution in [0.2, 0.25) is 0 Å². The Balaban J connectivity index is 0.000000195. The van der Waals surface area contributed by atoms with Crippen LogP contribution >= 0.6 is 0 Å². The van der Waals surface area contributed by atoms with Gasteiger partial charge in [-0.3, -0.25) is 14.8 Å². The van der Waals surface area contributed by atoms with Crippen LogP contribution in [0.4, 0.5) is 8.78 Å². The molecule has 2 aromatic carbocycles. The molecule has 0 saturated heterocycles. The molecule has 0 fully saturated rings. The van der Waals surface area contributed by atoms with E-state index in [0.29, 0.717) is 29.7 Å². The molecule has 4 aromatic rings. The van der Waals surface area contributed by atoms with Crippen molar-refractivity contribution in [2.24, 2.45) is 0 Å². The van der Waals surface area contributed by atoms with Crippen LogP contribution in [0, 0.1) is 11.6 Å². The first-order valence-corrected chi connectivity index (χ1v) is 11.1. The maximum atomic E-state index is 13.2. The molecule has 8 heteroatoms. The SMILES string of the molecule is O=C([O-])c1cccnc1CCc1ccc(F)cc1.O=C1c2cc(F)ccc2CCc2ncccc21.[Na+]. The number of aromatic carboxylic acids is 1. The minimum absolute atomic E-state index is 0. The second-order valence-electron chi connectivity index (χ2n) is 8.04. The van der Waals surface area contributed by atoms with Gasteiger partial charge in [-0.1, -0.05) is 18.2 Å². The predicted molar refractivity (Wildman–Crippen MR) is 124 cm³/mol. The number of fused-ring (bicyclic) bond motifs is 2. The molecule has 0 radical (unpaired) electrons. The van der Waals surface area contributed by atoms with Crippen LogP contribution in [0.3, 0.4) is 0 Å². The molecule has 1 aliphatic carbocycles. The second kappa shape index (κ2) is 12.6. The molecule has 2 heterocycles. The van der Waals surface area contributed by atoms with Crippen molar-refractivity contribution in [3.05, 3.63) is 130 Å². The van der Waals surface area contributed by atoms with Gasteiger partial charge in [-0.05, 0) is 85.3 Å². The number of rotatable bonds is 4. The van der Waals surface area contributed by atoms with E-state index in [1.807, 2.05) is 0 Å². The third-order valence-electron chi connectivity index (χ3n) is 5.76. The van der Waals surface area contributed by atoms with E-state index in [-0.39, 0.29) is 52.5 Å². The smallest absolute Gasteiger partial charge is 0.545 e. The Morgan fingerprint density at radius 3 is 2.28 bits per heavy atom. The first kappa shape index (κ1) is 27.3. The number of hydrogen-bond donors (Lipinski definition) is 0. The molecule has 0 bridgehead atoms. The van der Waals surface area contributed by atoms with Gasteiger partial charge >= 0.3 is 29.6 Å². The first-order chi connectivity index (χ1) is 16.9. The molecule has 5 nitrogen and oxygen atoms in total. The van der Waals surface area contributed by atoms with Crippen LogP contribution < -0.4 is 34.7 Å². The number of hydrogen-bond acceptors (Lipinski definition) is 5. The van der Waals surface area contributed by atoms with Gasteiger partial charge in [0.05, 0.1) is 11.7 Å². The fraction of sp³-hybridized carbons (Fsp3) is 0.143. The summed E-state index contributed by atoms with van der Waals surface area (Å²) in [5, 5.41) is 10.9. The van der Waals surface area contributed by atoms with Crippen LogP contribution in [0.25, 0.3) is 0 Å². The Hall–Kier alpha value is -3.26. The summed E-state index contributed by atoms with van der Waals surface area (Å²) < 4.78 is 25.9. The number of carbonyl (C=O) groups excluding carboxylic acids is 2. The van der Waals surface area contributed by atoms with Crippen LogP contribution in [-0.2, 0) is 25.7 Å². The molecule has 2 aromatic heterocycles. The van der Waals surface area contributed by atoms with Crippen molar-refractivity contribution in [2.45, 2.75) is 25.7 Å². The molecule has 0 spiro atoms. The van der Waals surface area contributed by atoms with Gasteiger partial charge in [0.2, 0.25) is 0 Å². The zero-order chi connectivity index (χ0) is 24.8. The second-order valence-corrected chi connectivity index (χ2v) is 8.04. The summed E-state index contributed by atoms with van der Waals surface area (Å²) in [6.45, 7) is 0. The van der Waals surface area contributed by atoms with Crippen molar-refractivity contribution in [2.75, 3.05) is 0 Å². The minimum atomic E-state index is -1.22. The van der Waals surface area contributed by atoms with E-state index in [2.05, 4.69) is 9.97 Å².